The highest BCUT2D eigenvalue weighted by atomic mass is 16.5. The molecule has 0 saturated heterocycles. The monoisotopic (exact) mass is 264 g/mol. The van der Waals surface area contributed by atoms with E-state index in [4.69, 9.17) is 14.2 Å². The van der Waals surface area contributed by atoms with E-state index in [0.717, 1.165) is 12.8 Å². The Bertz CT molecular complexity index is 436. The summed E-state index contributed by atoms with van der Waals surface area (Å²) in [6.45, 7) is 1.77. The van der Waals surface area contributed by atoms with Crippen LogP contribution in [0.4, 0.5) is 0 Å². The van der Waals surface area contributed by atoms with E-state index in [1.807, 2.05) is 0 Å². The molecule has 2 rings (SSSR count). The number of esters is 1. The molecule has 0 N–H and O–H groups in total. The number of rotatable bonds is 5. The van der Waals surface area contributed by atoms with Crippen LogP contribution in [0, 0.1) is 0 Å². The summed E-state index contributed by atoms with van der Waals surface area (Å²) in [4.78, 5) is 11.3. The molecule has 104 valence electrons. The smallest absolute Gasteiger partial charge is 0.310 e. The lowest BCUT2D eigenvalue weighted by Crippen LogP contribution is -2.12. The fourth-order valence-electron chi connectivity index (χ4n) is 2.20. The molecule has 0 heterocycles. The lowest BCUT2D eigenvalue weighted by Gasteiger charge is -2.16. The number of carbonyl (C=O) groups excluding carboxylic acids is 1. The first-order valence-electron chi connectivity index (χ1n) is 6.78. The zero-order chi connectivity index (χ0) is 13.7. The van der Waals surface area contributed by atoms with E-state index in [9.17, 15) is 4.79 Å². The van der Waals surface area contributed by atoms with Gasteiger partial charge in [0.1, 0.15) is 5.75 Å². The Balaban J connectivity index is 2.13. The van der Waals surface area contributed by atoms with Crippen molar-refractivity contribution in [2.45, 2.75) is 45.1 Å². The minimum Gasteiger partial charge on any atom is -0.493 e. The number of ether oxygens (including phenoxy) is 3. The predicted octanol–water partition coefficient (Wildman–Crippen LogP) is 3.33. The van der Waals surface area contributed by atoms with E-state index >= 15 is 0 Å². The molecule has 0 bridgehead atoms. The standard InChI is InChI=1S/C15H20O4/c1-3-15(16)19-12-8-9-13(17-2)14(10-12)18-11-6-4-5-7-11/h8-11H,3-7H2,1-2H3. The van der Waals surface area contributed by atoms with Crippen molar-refractivity contribution in [3.63, 3.8) is 0 Å². The van der Waals surface area contributed by atoms with Crippen molar-refractivity contribution in [1.29, 1.82) is 0 Å². The SMILES string of the molecule is CCC(=O)Oc1ccc(OC)c(OC2CCCC2)c1. The minimum atomic E-state index is -0.253. The van der Waals surface area contributed by atoms with Crippen LogP contribution in [-0.2, 0) is 4.79 Å². The molecular weight excluding hydrogens is 244 g/mol. The van der Waals surface area contributed by atoms with Crippen LogP contribution in [0.5, 0.6) is 17.2 Å². The summed E-state index contributed by atoms with van der Waals surface area (Å²) >= 11 is 0. The fourth-order valence-corrected chi connectivity index (χ4v) is 2.20. The molecule has 19 heavy (non-hydrogen) atoms. The number of hydrogen-bond donors (Lipinski definition) is 0. The summed E-state index contributed by atoms with van der Waals surface area (Å²) in [5, 5.41) is 0. The van der Waals surface area contributed by atoms with Gasteiger partial charge in [0.15, 0.2) is 11.5 Å². The summed E-state index contributed by atoms with van der Waals surface area (Å²) in [7, 11) is 1.61. The van der Waals surface area contributed by atoms with Gasteiger partial charge in [-0.05, 0) is 37.8 Å². The minimum absolute atomic E-state index is 0.242. The number of methoxy groups -OCH3 is 1. The maximum absolute atomic E-state index is 11.3. The van der Waals surface area contributed by atoms with Gasteiger partial charge in [0, 0.05) is 12.5 Å². The van der Waals surface area contributed by atoms with Gasteiger partial charge in [0.25, 0.3) is 0 Å². The fraction of sp³-hybridized carbons (Fsp3) is 0.533. The van der Waals surface area contributed by atoms with Gasteiger partial charge in [-0.3, -0.25) is 4.79 Å². The van der Waals surface area contributed by atoms with E-state index in [1.54, 1.807) is 32.2 Å². The molecule has 0 aliphatic heterocycles. The molecule has 1 aromatic rings. The van der Waals surface area contributed by atoms with Gasteiger partial charge >= 0.3 is 5.97 Å². The Hall–Kier alpha value is -1.71. The highest BCUT2D eigenvalue weighted by molar-refractivity contribution is 5.72. The predicted molar refractivity (Wildman–Crippen MR) is 71.8 cm³/mol. The number of benzene rings is 1. The largest absolute Gasteiger partial charge is 0.493 e. The number of carbonyl (C=O) groups is 1. The Labute approximate surface area is 113 Å². The molecule has 0 amide bonds. The second-order valence-corrected chi connectivity index (χ2v) is 4.66. The van der Waals surface area contributed by atoms with E-state index < -0.39 is 0 Å². The molecular formula is C15H20O4. The number of hydrogen-bond acceptors (Lipinski definition) is 4. The van der Waals surface area contributed by atoms with Crippen molar-refractivity contribution in [1.82, 2.24) is 0 Å². The third kappa shape index (κ3) is 3.63. The lowest BCUT2D eigenvalue weighted by molar-refractivity contribution is -0.134. The van der Waals surface area contributed by atoms with Gasteiger partial charge in [-0.25, -0.2) is 0 Å². The van der Waals surface area contributed by atoms with Gasteiger partial charge in [0.05, 0.1) is 13.2 Å². The van der Waals surface area contributed by atoms with Crippen molar-refractivity contribution in [3.05, 3.63) is 18.2 Å². The van der Waals surface area contributed by atoms with E-state index in [0.29, 0.717) is 23.7 Å². The van der Waals surface area contributed by atoms with Gasteiger partial charge < -0.3 is 14.2 Å². The summed E-state index contributed by atoms with van der Waals surface area (Å²) in [5.41, 5.74) is 0. The van der Waals surface area contributed by atoms with Crippen LogP contribution in [-0.4, -0.2) is 19.2 Å². The molecule has 4 nitrogen and oxygen atoms in total. The Morgan fingerprint density at radius 3 is 2.63 bits per heavy atom. The van der Waals surface area contributed by atoms with Crippen molar-refractivity contribution in [2.24, 2.45) is 0 Å². The van der Waals surface area contributed by atoms with Crippen molar-refractivity contribution < 1.29 is 19.0 Å². The molecule has 0 aromatic heterocycles. The maximum Gasteiger partial charge on any atom is 0.310 e. The van der Waals surface area contributed by atoms with Crippen LogP contribution in [0.3, 0.4) is 0 Å². The zero-order valence-corrected chi connectivity index (χ0v) is 11.5. The normalized spacial score (nSPS) is 15.3. The van der Waals surface area contributed by atoms with Crippen molar-refractivity contribution in [3.8, 4) is 17.2 Å². The molecule has 0 unspecified atom stereocenters. The van der Waals surface area contributed by atoms with Crippen LogP contribution in [0.2, 0.25) is 0 Å². The molecule has 1 fully saturated rings. The average Bonchev–Trinajstić information content (AvgIpc) is 2.92. The van der Waals surface area contributed by atoms with Crippen LogP contribution in [0.15, 0.2) is 18.2 Å². The van der Waals surface area contributed by atoms with Gasteiger partial charge in [-0.2, -0.15) is 0 Å². The van der Waals surface area contributed by atoms with E-state index in [-0.39, 0.29) is 12.1 Å². The van der Waals surface area contributed by atoms with E-state index in [2.05, 4.69) is 0 Å². The second-order valence-electron chi connectivity index (χ2n) is 4.66. The van der Waals surface area contributed by atoms with Crippen molar-refractivity contribution in [2.75, 3.05) is 7.11 Å². The van der Waals surface area contributed by atoms with Gasteiger partial charge in [0.2, 0.25) is 0 Å². The van der Waals surface area contributed by atoms with Crippen LogP contribution in [0.1, 0.15) is 39.0 Å². The zero-order valence-electron chi connectivity index (χ0n) is 11.5. The summed E-state index contributed by atoms with van der Waals surface area (Å²) in [5.74, 6) is 1.57. The maximum atomic E-state index is 11.3. The Morgan fingerprint density at radius 1 is 1.26 bits per heavy atom. The third-order valence-corrected chi connectivity index (χ3v) is 3.25. The molecule has 1 saturated carbocycles. The Kier molecular flexibility index (Phi) is 4.66. The molecule has 0 radical (unpaired) electrons. The van der Waals surface area contributed by atoms with E-state index in [1.165, 1.54) is 12.8 Å². The first kappa shape index (κ1) is 13.7. The highest BCUT2D eigenvalue weighted by Crippen LogP contribution is 2.34. The first-order valence-corrected chi connectivity index (χ1v) is 6.78. The molecule has 1 aromatic carbocycles. The summed E-state index contributed by atoms with van der Waals surface area (Å²) in [6, 6.07) is 5.21. The van der Waals surface area contributed by atoms with Crippen LogP contribution in [0.25, 0.3) is 0 Å². The van der Waals surface area contributed by atoms with Crippen LogP contribution < -0.4 is 14.2 Å². The summed E-state index contributed by atoms with van der Waals surface area (Å²) < 4.78 is 16.4. The second kappa shape index (κ2) is 6.45. The first-order chi connectivity index (χ1) is 9.22. The third-order valence-electron chi connectivity index (χ3n) is 3.25. The quantitative estimate of drug-likeness (QED) is 0.604. The lowest BCUT2D eigenvalue weighted by atomic mass is 10.2. The van der Waals surface area contributed by atoms with Crippen LogP contribution >= 0.6 is 0 Å². The van der Waals surface area contributed by atoms with Gasteiger partial charge in [-0.1, -0.05) is 6.92 Å². The molecule has 0 atom stereocenters. The molecule has 1 aliphatic carbocycles. The molecule has 4 heteroatoms. The molecule has 0 spiro atoms. The Morgan fingerprint density at radius 2 is 2.00 bits per heavy atom. The van der Waals surface area contributed by atoms with Gasteiger partial charge in [-0.15, -0.1) is 0 Å². The van der Waals surface area contributed by atoms with Crippen molar-refractivity contribution >= 4 is 5.97 Å². The topological polar surface area (TPSA) is 44.8 Å². The summed E-state index contributed by atoms with van der Waals surface area (Å²) in [6.07, 6.45) is 5.15. The average molecular weight is 264 g/mol. The highest BCUT2D eigenvalue weighted by Gasteiger charge is 2.19. The molecule has 1 aliphatic rings.